The van der Waals surface area contributed by atoms with Gasteiger partial charge in [0.05, 0.1) is 10.5 Å². The van der Waals surface area contributed by atoms with Gasteiger partial charge in [0.25, 0.3) is 0 Å². The molecule has 16 heavy (non-hydrogen) atoms. The van der Waals surface area contributed by atoms with E-state index < -0.39 is 0 Å². The number of nitrogens with zero attached hydrogens (tertiary/aromatic N) is 1. The van der Waals surface area contributed by atoms with E-state index in [1.165, 1.54) is 6.07 Å². The Morgan fingerprint density at radius 3 is 2.94 bits per heavy atom. The first-order chi connectivity index (χ1) is 7.58. The first-order valence-electron chi connectivity index (χ1n) is 5.23. The van der Waals surface area contributed by atoms with Gasteiger partial charge in [0, 0.05) is 23.8 Å². The van der Waals surface area contributed by atoms with E-state index in [4.69, 9.17) is 11.6 Å². The van der Waals surface area contributed by atoms with Crippen LogP contribution in [0.15, 0.2) is 23.3 Å². The molecule has 0 spiro atoms. The third-order valence-corrected chi connectivity index (χ3v) is 2.85. The van der Waals surface area contributed by atoms with Gasteiger partial charge in [-0.1, -0.05) is 25.4 Å². The Balaban J connectivity index is 2.61. The lowest BCUT2D eigenvalue weighted by Crippen LogP contribution is -2.04. The van der Waals surface area contributed by atoms with Crippen molar-refractivity contribution in [2.24, 2.45) is 5.92 Å². The third-order valence-electron chi connectivity index (χ3n) is 2.41. The predicted octanol–water partition coefficient (Wildman–Crippen LogP) is 2.78. The zero-order valence-electron chi connectivity index (χ0n) is 9.25. The van der Waals surface area contributed by atoms with Crippen molar-refractivity contribution in [1.29, 1.82) is 0 Å². The fraction of sp³-hybridized carbons (Fsp3) is 0.333. The number of rotatable bonds is 2. The van der Waals surface area contributed by atoms with Crippen LogP contribution in [-0.4, -0.2) is 9.97 Å². The van der Waals surface area contributed by atoms with E-state index in [2.05, 4.69) is 23.8 Å². The molecule has 0 aliphatic carbocycles. The summed E-state index contributed by atoms with van der Waals surface area (Å²) in [5, 5.41) is 1.49. The standard InChI is InChI=1S/C12H13ClN2O/c1-7(2)3-8-5-14-10-4-11(16)15-6-9(10)12(8)13/h4-7H,3H2,1-2H3,(H,15,16). The van der Waals surface area contributed by atoms with Crippen LogP contribution in [0, 0.1) is 5.92 Å². The highest BCUT2D eigenvalue weighted by atomic mass is 35.5. The molecule has 0 bridgehead atoms. The zero-order valence-corrected chi connectivity index (χ0v) is 10.0. The number of H-pyrrole nitrogens is 1. The Labute approximate surface area is 98.5 Å². The Bertz CT molecular complexity index is 575. The van der Waals surface area contributed by atoms with Gasteiger partial charge < -0.3 is 4.98 Å². The molecule has 0 fully saturated rings. The van der Waals surface area contributed by atoms with Crippen LogP contribution in [0.5, 0.6) is 0 Å². The summed E-state index contributed by atoms with van der Waals surface area (Å²) in [6, 6.07) is 1.46. The van der Waals surface area contributed by atoms with E-state index >= 15 is 0 Å². The van der Waals surface area contributed by atoms with Crippen LogP contribution in [0.4, 0.5) is 0 Å². The second-order valence-electron chi connectivity index (χ2n) is 4.29. The molecule has 3 nitrogen and oxygen atoms in total. The highest BCUT2D eigenvalue weighted by molar-refractivity contribution is 6.36. The van der Waals surface area contributed by atoms with Crippen molar-refractivity contribution in [3.05, 3.63) is 39.4 Å². The first kappa shape index (κ1) is 11.1. The molecule has 2 heterocycles. The van der Waals surface area contributed by atoms with Crippen molar-refractivity contribution in [2.75, 3.05) is 0 Å². The molecule has 0 aliphatic rings. The second kappa shape index (κ2) is 4.26. The fourth-order valence-corrected chi connectivity index (χ4v) is 1.98. The van der Waals surface area contributed by atoms with Crippen LogP contribution in [0.2, 0.25) is 5.02 Å². The molecule has 0 unspecified atom stereocenters. The molecule has 0 atom stereocenters. The van der Waals surface area contributed by atoms with E-state index in [9.17, 15) is 4.79 Å². The molecule has 0 radical (unpaired) electrons. The normalized spacial score (nSPS) is 11.2. The van der Waals surface area contributed by atoms with E-state index in [-0.39, 0.29) is 5.56 Å². The minimum absolute atomic E-state index is 0.160. The summed E-state index contributed by atoms with van der Waals surface area (Å²) in [5.41, 5.74) is 1.50. The quantitative estimate of drug-likeness (QED) is 0.872. The molecule has 1 N–H and O–H groups in total. The highest BCUT2D eigenvalue weighted by Gasteiger charge is 2.08. The summed E-state index contributed by atoms with van der Waals surface area (Å²) in [5.74, 6) is 0.527. The number of aromatic amines is 1. The average Bonchev–Trinajstić information content (AvgIpc) is 2.22. The molecule has 84 valence electrons. The number of hydrogen-bond acceptors (Lipinski definition) is 2. The van der Waals surface area contributed by atoms with Crippen LogP contribution in [0.1, 0.15) is 19.4 Å². The van der Waals surface area contributed by atoms with Crippen LogP contribution in [0.25, 0.3) is 10.9 Å². The van der Waals surface area contributed by atoms with E-state index in [0.717, 1.165) is 17.4 Å². The molecule has 0 amide bonds. The molecular weight excluding hydrogens is 224 g/mol. The molecular formula is C12H13ClN2O. The van der Waals surface area contributed by atoms with Crippen molar-refractivity contribution in [3.8, 4) is 0 Å². The minimum atomic E-state index is -0.160. The molecule has 4 heteroatoms. The smallest absolute Gasteiger partial charge is 0.250 e. The van der Waals surface area contributed by atoms with E-state index in [1.54, 1.807) is 12.4 Å². The van der Waals surface area contributed by atoms with E-state index in [0.29, 0.717) is 16.5 Å². The Hall–Kier alpha value is -1.35. The maximum Gasteiger partial charge on any atom is 0.250 e. The Kier molecular flexibility index (Phi) is 2.97. The molecule has 0 aliphatic heterocycles. The largest absolute Gasteiger partial charge is 0.328 e. The van der Waals surface area contributed by atoms with Gasteiger partial charge in [-0.25, -0.2) is 0 Å². The van der Waals surface area contributed by atoms with Crippen LogP contribution in [-0.2, 0) is 6.42 Å². The highest BCUT2D eigenvalue weighted by Crippen LogP contribution is 2.25. The van der Waals surface area contributed by atoms with Crippen molar-refractivity contribution in [1.82, 2.24) is 9.97 Å². The Morgan fingerprint density at radius 1 is 1.50 bits per heavy atom. The SMILES string of the molecule is CC(C)Cc1cnc2cc(=O)[nH]cc2c1Cl. The van der Waals surface area contributed by atoms with Gasteiger partial charge >= 0.3 is 0 Å². The maximum absolute atomic E-state index is 11.1. The first-order valence-corrected chi connectivity index (χ1v) is 5.61. The fourth-order valence-electron chi connectivity index (χ4n) is 1.70. The van der Waals surface area contributed by atoms with Gasteiger partial charge in [0.15, 0.2) is 0 Å². The predicted molar refractivity (Wildman–Crippen MR) is 65.9 cm³/mol. The summed E-state index contributed by atoms with van der Waals surface area (Å²) >= 11 is 6.28. The van der Waals surface area contributed by atoms with Crippen LogP contribution >= 0.6 is 11.6 Å². The minimum Gasteiger partial charge on any atom is -0.328 e. The monoisotopic (exact) mass is 236 g/mol. The molecule has 2 rings (SSSR count). The number of fused-ring (bicyclic) bond motifs is 1. The number of nitrogens with one attached hydrogen (secondary N) is 1. The number of halogens is 1. The second-order valence-corrected chi connectivity index (χ2v) is 4.67. The van der Waals surface area contributed by atoms with Gasteiger partial charge in [-0.3, -0.25) is 9.78 Å². The topological polar surface area (TPSA) is 45.8 Å². The molecule has 0 aromatic carbocycles. The maximum atomic E-state index is 11.1. The van der Waals surface area contributed by atoms with Crippen molar-refractivity contribution in [2.45, 2.75) is 20.3 Å². The number of pyridine rings is 2. The lowest BCUT2D eigenvalue weighted by molar-refractivity contribution is 0.646. The third kappa shape index (κ3) is 2.09. The van der Waals surface area contributed by atoms with Gasteiger partial charge in [-0.2, -0.15) is 0 Å². The molecule has 2 aromatic rings. The summed E-state index contributed by atoms with van der Waals surface area (Å²) < 4.78 is 0. The number of hydrogen-bond donors (Lipinski definition) is 1. The lowest BCUT2D eigenvalue weighted by Gasteiger charge is -2.08. The molecule has 0 saturated carbocycles. The van der Waals surface area contributed by atoms with Crippen molar-refractivity contribution < 1.29 is 0 Å². The van der Waals surface area contributed by atoms with Crippen molar-refractivity contribution >= 4 is 22.5 Å². The van der Waals surface area contributed by atoms with Crippen LogP contribution in [0.3, 0.4) is 0 Å². The van der Waals surface area contributed by atoms with Gasteiger partial charge in [-0.05, 0) is 17.9 Å². The summed E-state index contributed by atoms with van der Waals surface area (Å²) in [4.78, 5) is 18.0. The summed E-state index contributed by atoms with van der Waals surface area (Å²) in [6.07, 6.45) is 4.27. The van der Waals surface area contributed by atoms with Crippen LogP contribution < -0.4 is 5.56 Å². The Morgan fingerprint density at radius 2 is 2.25 bits per heavy atom. The summed E-state index contributed by atoms with van der Waals surface area (Å²) in [6.45, 7) is 4.26. The average molecular weight is 237 g/mol. The van der Waals surface area contributed by atoms with E-state index in [1.807, 2.05) is 0 Å². The number of aromatic nitrogens is 2. The van der Waals surface area contributed by atoms with Crippen molar-refractivity contribution in [3.63, 3.8) is 0 Å². The summed E-state index contributed by atoms with van der Waals surface area (Å²) in [7, 11) is 0. The molecule has 2 aromatic heterocycles. The lowest BCUT2D eigenvalue weighted by atomic mass is 10.0. The van der Waals surface area contributed by atoms with Gasteiger partial charge in [-0.15, -0.1) is 0 Å². The molecule has 0 saturated heterocycles. The van der Waals surface area contributed by atoms with Gasteiger partial charge in [0.2, 0.25) is 5.56 Å². The van der Waals surface area contributed by atoms with Gasteiger partial charge in [0.1, 0.15) is 0 Å². The zero-order chi connectivity index (χ0) is 11.7.